The van der Waals surface area contributed by atoms with Gasteiger partial charge in [-0.15, -0.1) is 0 Å². The smallest absolute Gasteiger partial charge is 0.341 e. The second-order valence-electron chi connectivity index (χ2n) is 2.49. The Labute approximate surface area is 87.6 Å². The van der Waals surface area contributed by atoms with Gasteiger partial charge in [0, 0.05) is 6.07 Å². The lowest BCUT2D eigenvalue weighted by atomic mass is 10.3. The minimum Gasteiger partial charge on any atom is -0.479 e. The lowest BCUT2D eigenvalue weighted by Crippen LogP contribution is -2.11. The number of nitrogens with two attached hydrogens (primary N) is 1. The minimum absolute atomic E-state index is 0.0538. The van der Waals surface area contributed by atoms with Crippen LogP contribution in [0.2, 0.25) is 0 Å². The van der Waals surface area contributed by atoms with Gasteiger partial charge in [-0.2, -0.15) is 0 Å². The Hall–Kier alpha value is -1.30. The van der Waals surface area contributed by atoms with Crippen LogP contribution in [0.15, 0.2) is 16.6 Å². The highest BCUT2D eigenvalue weighted by atomic mass is 79.9. The fourth-order valence-corrected chi connectivity index (χ4v) is 1.43. The predicted octanol–water partition coefficient (Wildman–Crippen LogP) is 1.63. The van der Waals surface area contributed by atoms with Gasteiger partial charge in [-0.3, -0.25) is 0 Å². The van der Waals surface area contributed by atoms with Crippen LogP contribution in [-0.2, 0) is 4.79 Å². The van der Waals surface area contributed by atoms with Crippen LogP contribution in [-0.4, -0.2) is 17.7 Å². The molecule has 0 amide bonds. The Bertz CT molecular complexity index is 347. The molecule has 0 aliphatic carbocycles. The molecule has 0 spiro atoms. The fraction of sp³-hybridized carbons (Fsp3) is 0.125. The lowest BCUT2D eigenvalue weighted by molar-refractivity contribution is -0.139. The predicted molar refractivity (Wildman–Crippen MR) is 51.6 cm³/mol. The van der Waals surface area contributed by atoms with Crippen LogP contribution >= 0.6 is 15.9 Å². The van der Waals surface area contributed by atoms with Crippen molar-refractivity contribution in [2.75, 3.05) is 12.3 Å². The molecule has 0 aromatic heterocycles. The molecule has 0 saturated heterocycles. The van der Waals surface area contributed by atoms with Gasteiger partial charge in [-0.25, -0.2) is 9.18 Å². The van der Waals surface area contributed by atoms with Crippen molar-refractivity contribution < 1.29 is 19.0 Å². The first-order valence-electron chi connectivity index (χ1n) is 3.60. The lowest BCUT2D eigenvalue weighted by Gasteiger charge is -2.08. The van der Waals surface area contributed by atoms with E-state index in [1.54, 1.807) is 0 Å². The number of carboxylic acid groups (broad SMARTS) is 1. The number of halogens is 2. The maximum absolute atomic E-state index is 12.7. The summed E-state index contributed by atoms with van der Waals surface area (Å²) in [6.45, 7) is -0.519. The van der Waals surface area contributed by atoms with Crippen LogP contribution in [0.5, 0.6) is 5.75 Å². The number of anilines is 1. The van der Waals surface area contributed by atoms with E-state index in [-0.39, 0.29) is 15.9 Å². The van der Waals surface area contributed by atoms with Gasteiger partial charge in [0.1, 0.15) is 5.82 Å². The molecule has 76 valence electrons. The van der Waals surface area contributed by atoms with Gasteiger partial charge in [0.2, 0.25) is 0 Å². The molecule has 14 heavy (non-hydrogen) atoms. The first-order chi connectivity index (χ1) is 6.50. The van der Waals surface area contributed by atoms with Gasteiger partial charge < -0.3 is 15.6 Å². The van der Waals surface area contributed by atoms with E-state index in [1.807, 2.05) is 0 Å². The standard InChI is InChI=1S/C8H7BrFNO3/c9-5-1-4(10)2-6(11)8(5)14-3-7(12)13/h1-2H,3,11H2,(H,12,13). The second kappa shape index (κ2) is 4.28. The minimum atomic E-state index is -1.12. The molecule has 0 saturated carbocycles. The fourth-order valence-electron chi connectivity index (χ4n) is 0.866. The van der Waals surface area contributed by atoms with Crippen molar-refractivity contribution in [1.82, 2.24) is 0 Å². The van der Waals surface area contributed by atoms with E-state index >= 15 is 0 Å². The topological polar surface area (TPSA) is 72.5 Å². The molecule has 0 atom stereocenters. The summed E-state index contributed by atoms with van der Waals surface area (Å²) in [4.78, 5) is 10.2. The summed E-state index contributed by atoms with van der Waals surface area (Å²) in [5.74, 6) is -1.51. The van der Waals surface area contributed by atoms with Crippen LogP contribution in [0.1, 0.15) is 0 Å². The average Bonchev–Trinajstić information content (AvgIpc) is 2.01. The number of ether oxygens (including phenoxy) is 1. The number of hydrogen-bond acceptors (Lipinski definition) is 3. The van der Waals surface area contributed by atoms with Crippen molar-refractivity contribution in [2.45, 2.75) is 0 Å². The third-order valence-electron chi connectivity index (χ3n) is 1.38. The Balaban J connectivity index is 2.91. The monoisotopic (exact) mass is 263 g/mol. The van der Waals surface area contributed by atoms with E-state index in [4.69, 9.17) is 15.6 Å². The molecule has 0 unspecified atom stereocenters. The number of hydrogen-bond donors (Lipinski definition) is 2. The Kier molecular flexibility index (Phi) is 3.29. The van der Waals surface area contributed by atoms with Crippen molar-refractivity contribution in [1.29, 1.82) is 0 Å². The molecule has 1 aromatic carbocycles. The van der Waals surface area contributed by atoms with Crippen molar-refractivity contribution >= 4 is 27.6 Å². The Morgan fingerprint density at radius 2 is 2.29 bits per heavy atom. The van der Waals surface area contributed by atoms with E-state index in [1.165, 1.54) is 0 Å². The summed E-state index contributed by atoms with van der Waals surface area (Å²) < 4.78 is 17.9. The van der Waals surface area contributed by atoms with Crippen LogP contribution < -0.4 is 10.5 Å². The van der Waals surface area contributed by atoms with E-state index in [2.05, 4.69) is 15.9 Å². The van der Waals surface area contributed by atoms with E-state index < -0.39 is 18.4 Å². The molecule has 4 nitrogen and oxygen atoms in total. The summed E-state index contributed by atoms with van der Waals surface area (Å²) in [6.07, 6.45) is 0. The molecule has 1 rings (SSSR count). The normalized spacial score (nSPS) is 9.86. The van der Waals surface area contributed by atoms with Gasteiger partial charge in [0.25, 0.3) is 0 Å². The van der Waals surface area contributed by atoms with Gasteiger partial charge in [-0.1, -0.05) is 0 Å². The molecule has 0 fully saturated rings. The molecular weight excluding hydrogens is 257 g/mol. The zero-order valence-corrected chi connectivity index (χ0v) is 8.54. The third-order valence-corrected chi connectivity index (χ3v) is 1.97. The molecule has 0 bridgehead atoms. The van der Waals surface area contributed by atoms with Crippen molar-refractivity contribution in [3.63, 3.8) is 0 Å². The first kappa shape index (κ1) is 10.8. The summed E-state index contributed by atoms with van der Waals surface area (Å²) in [5.41, 5.74) is 5.47. The average molecular weight is 264 g/mol. The van der Waals surface area contributed by atoms with Crippen LogP contribution in [0.3, 0.4) is 0 Å². The third kappa shape index (κ3) is 2.59. The van der Waals surface area contributed by atoms with Gasteiger partial charge >= 0.3 is 5.97 Å². The zero-order valence-electron chi connectivity index (χ0n) is 6.96. The van der Waals surface area contributed by atoms with Gasteiger partial charge in [0.15, 0.2) is 12.4 Å². The molecule has 0 aliphatic rings. The summed E-state index contributed by atoms with van der Waals surface area (Å²) in [6, 6.07) is 2.20. The maximum atomic E-state index is 12.7. The van der Waals surface area contributed by atoms with E-state index in [0.29, 0.717) is 0 Å². The second-order valence-corrected chi connectivity index (χ2v) is 3.34. The summed E-state index contributed by atoms with van der Waals surface area (Å²) >= 11 is 3.01. The number of aliphatic carboxylic acids is 1. The highest BCUT2D eigenvalue weighted by molar-refractivity contribution is 9.10. The molecule has 0 aliphatic heterocycles. The van der Waals surface area contributed by atoms with Crippen molar-refractivity contribution in [2.24, 2.45) is 0 Å². The van der Waals surface area contributed by atoms with E-state index in [9.17, 15) is 9.18 Å². The number of nitrogen functional groups attached to an aromatic ring is 1. The van der Waals surface area contributed by atoms with Gasteiger partial charge in [-0.05, 0) is 22.0 Å². The molecular formula is C8H7BrFNO3. The maximum Gasteiger partial charge on any atom is 0.341 e. The zero-order chi connectivity index (χ0) is 10.7. The number of carbonyl (C=O) groups is 1. The number of benzene rings is 1. The SMILES string of the molecule is Nc1cc(F)cc(Br)c1OCC(=O)O. The summed E-state index contributed by atoms with van der Waals surface area (Å²) in [7, 11) is 0. The number of carboxylic acids is 1. The Morgan fingerprint density at radius 3 is 2.79 bits per heavy atom. The molecule has 1 aromatic rings. The molecule has 0 heterocycles. The highest BCUT2D eigenvalue weighted by Crippen LogP contribution is 2.32. The Morgan fingerprint density at radius 1 is 1.64 bits per heavy atom. The van der Waals surface area contributed by atoms with E-state index in [0.717, 1.165) is 12.1 Å². The first-order valence-corrected chi connectivity index (χ1v) is 4.39. The van der Waals surface area contributed by atoms with Crippen LogP contribution in [0.4, 0.5) is 10.1 Å². The molecule has 0 radical (unpaired) electrons. The van der Waals surface area contributed by atoms with Crippen LogP contribution in [0, 0.1) is 5.82 Å². The van der Waals surface area contributed by atoms with Crippen molar-refractivity contribution in [3.05, 3.63) is 22.4 Å². The molecule has 6 heteroatoms. The van der Waals surface area contributed by atoms with Crippen LogP contribution in [0.25, 0.3) is 0 Å². The number of rotatable bonds is 3. The quantitative estimate of drug-likeness (QED) is 0.814. The van der Waals surface area contributed by atoms with Gasteiger partial charge in [0.05, 0.1) is 10.2 Å². The largest absolute Gasteiger partial charge is 0.479 e. The van der Waals surface area contributed by atoms with Crippen molar-refractivity contribution in [3.8, 4) is 5.75 Å². The molecule has 3 N–H and O–H groups in total. The highest BCUT2D eigenvalue weighted by Gasteiger charge is 2.09. The summed E-state index contributed by atoms with van der Waals surface area (Å²) in [5, 5.41) is 8.36.